The first-order valence-corrected chi connectivity index (χ1v) is 7.49. The van der Waals surface area contributed by atoms with Crippen LogP contribution in [0.2, 0.25) is 0 Å². The van der Waals surface area contributed by atoms with E-state index in [0.717, 1.165) is 5.56 Å². The average molecular weight is 298 g/mol. The molecular weight excluding hydrogens is 276 g/mol. The summed E-state index contributed by atoms with van der Waals surface area (Å²) in [6.07, 6.45) is 2.90. The number of nitrogens with zero attached hydrogens (tertiary/aromatic N) is 1. The van der Waals surface area contributed by atoms with E-state index in [1.807, 2.05) is 36.4 Å². The number of ether oxygens (including phenoxy) is 1. The van der Waals surface area contributed by atoms with Crippen LogP contribution in [-0.4, -0.2) is 17.0 Å². The van der Waals surface area contributed by atoms with Gasteiger partial charge in [0.05, 0.1) is 0 Å². The molecule has 0 saturated heterocycles. The Morgan fingerprint density at radius 2 is 1.91 bits per heavy atom. The van der Waals surface area contributed by atoms with Gasteiger partial charge in [-0.15, -0.1) is 0 Å². The highest BCUT2D eigenvalue weighted by Crippen LogP contribution is 2.19. The molecule has 1 aromatic carbocycles. The van der Waals surface area contributed by atoms with Crippen molar-refractivity contribution in [3.05, 3.63) is 59.9 Å². The Morgan fingerprint density at radius 1 is 1.18 bits per heavy atom. The lowest BCUT2D eigenvalue weighted by Gasteiger charge is -2.15. The summed E-state index contributed by atoms with van der Waals surface area (Å²) in [5.74, 6) is 1.04. The lowest BCUT2D eigenvalue weighted by Crippen LogP contribution is -2.35. The van der Waals surface area contributed by atoms with Crippen molar-refractivity contribution >= 4 is 5.91 Å². The molecule has 1 unspecified atom stereocenters. The van der Waals surface area contributed by atoms with Crippen molar-refractivity contribution in [2.75, 3.05) is 0 Å². The van der Waals surface area contributed by atoms with Crippen LogP contribution < -0.4 is 10.1 Å². The van der Waals surface area contributed by atoms with Crippen molar-refractivity contribution in [1.82, 2.24) is 10.3 Å². The molecule has 1 amide bonds. The lowest BCUT2D eigenvalue weighted by molar-refractivity contribution is -0.127. The van der Waals surface area contributed by atoms with Crippen LogP contribution in [0.5, 0.6) is 5.75 Å². The first-order chi connectivity index (χ1) is 10.6. The predicted octanol–water partition coefficient (Wildman–Crippen LogP) is 3.29. The number of benzene rings is 1. The third kappa shape index (κ3) is 4.58. The first kappa shape index (κ1) is 16.0. The van der Waals surface area contributed by atoms with E-state index in [1.54, 1.807) is 19.3 Å². The standard InChI is InChI=1S/C18H22N2O2/c1-13(2)16-6-8-17(9-7-16)22-14(3)18(21)20-12-15-5-4-10-19-11-15/h4-11,13-14H,12H2,1-3H3,(H,20,21). The Morgan fingerprint density at radius 3 is 2.50 bits per heavy atom. The fourth-order valence-electron chi connectivity index (χ4n) is 2.02. The zero-order valence-corrected chi connectivity index (χ0v) is 13.2. The highest BCUT2D eigenvalue weighted by molar-refractivity contribution is 5.80. The molecule has 0 aliphatic rings. The maximum atomic E-state index is 12.0. The first-order valence-electron chi connectivity index (χ1n) is 7.49. The quantitative estimate of drug-likeness (QED) is 0.890. The molecule has 1 heterocycles. The molecule has 1 N–H and O–H groups in total. The normalized spacial score (nSPS) is 12.0. The van der Waals surface area contributed by atoms with E-state index in [0.29, 0.717) is 18.2 Å². The Hall–Kier alpha value is -2.36. The molecule has 116 valence electrons. The van der Waals surface area contributed by atoms with E-state index in [9.17, 15) is 4.79 Å². The monoisotopic (exact) mass is 298 g/mol. The second-order valence-electron chi connectivity index (χ2n) is 5.56. The molecule has 4 heteroatoms. The minimum Gasteiger partial charge on any atom is -0.481 e. The number of aromatic nitrogens is 1. The summed E-state index contributed by atoms with van der Waals surface area (Å²) < 4.78 is 5.67. The molecule has 4 nitrogen and oxygen atoms in total. The molecule has 1 atom stereocenters. The van der Waals surface area contributed by atoms with Gasteiger partial charge in [-0.25, -0.2) is 0 Å². The lowest BCUT2D eigenvalue weighted by atomic mass is 10.0. The van der Waals surface area contributed by atoms with Gasteiger partial charge >= 0.3 is 0 Å². The molecule has 1 aromatic heterocycles. The average Bonchev–Trinajstić information content (AvgIpc) is 2.54. The van der Waals surface area contributed by atoms with Crippen molar-refractivity contribution in [3.8, 4) is 5.75 Å². The zero-order chi connectivity index (χ0) is 15.9. The zero-order valence-electron chi connectivity index (χ0n) is 13.2. The molecule has 0 radical (unpaired) electrons. The Bertz CT molecular complexity index is 594. The number of amides is 1. The van der Waals surface area contributed by atoms with Crippen molar-refractivity contribution in [1.29, 1.82) is 0 Å². The number of carbonyl (C=O) groups excluding carboxylic acids is 1. The van der Waals surface area contributed by atoms with Crippen LogP contribution >= 0.6 is 0 Å². The number of rotatable bonds is 6. The Balaban J connectivity index is 1.85. The van der Waals surface area contributed by atoms with Crippen molar-refractivity contribution in [2.45, 2.75) is 39.3 Å². The van der Waals surface area contributed by atoms with Crippen LogP contribution in [0, 0.1) is 0 Å². The molecule has 0 aliphatic heterocycles. The Labute approximate surface area is 131 Å². The number of pyridine rings is 1. The van der Waals surface area contributed by atoms with Gasteiger partial charge in [-0.05, 0) is 42.2 Å². The molecule has 22 heavy (non-hydrogen) atoms. The van der Waals surface area contributed by atoms with E-state index in [2.05, 4.69) is 24.1 Å². The largest absolute Gasteiger partial charge is 0.481 e. The van der Waals surface area contributed by atoms with E-state index in [-0.39, 0.29) is 5.91 Å². The van der Waals surface area contributed by atoms with Gasteiger partial charge in [-0.1, -0.05) is 32.0 Å². The number of nitrogens with one attached hydrogen (secondary N) is 1. The fourth-order valence-corrected chi connectivity index (χ4v) is 2.02. The van der Waals surface area contributed by atoms with Crippen molar-refractivity contribution in [3.63, 3.8) is 0 Å². The summed E-state index contributed by atoms with van der Waals surface area (Å²) in [5, 5.41) is 2.84. The summed E-state index contributed by atoms with van der Waals surface area (Å²) in [6.45, 7) is 6.48. The highest BCUT2D eigenvalue weighted by Gasteiger charge is 2.14. The summed E-state index contributed by atoms with van der Waals surface area (Å²) >= 11 is 0. The van der Waals surface area contributed by atoms with E-state index < -0.39 is 6.10 Å². The third-order valence-electron chi connectivity index (χ3n) is 3.42. The molecule has 0 fully saturated rings. The molecule has 2 rings (SSSR count). The van der Waals surface area contributed by atoms with Crippen LogP contribution in [0.3, 0.4) is 0 Å². The fraction of sp³-hybridized carbons (Fsp3) is 0.333. The molecular formula is C18H22N2O2. The number of hydrogen-bond donors (Lipinski definition) is 1. The van der Waals surface area contributed by atoms with Crippen LogP contribution in [0.4, 0.5) is 0 Å². The van der Waals surface area contributed by atoms with Gasteiger partial charge in [0, 0.05) is 18.9 Å². The van der Waals surface area contributed by atoms with Gasteiger partial charge in [-0.3, -0.25) is 9.78 Å². The van der Waals surface area contributed by atoms with E-state index in [4.69, 9.17) is 4.74 Å². The van der Waals surface area contributed by atoms with Crippen LogP contribution in [0.15, 0.2) is 48.8 Å². The maximum Gasteiger partial charge on any atom is 0.261 e. The van der Waals surface area contributed by atoms with Crippen LogP contribution in [0.1, 0.15) is 37.8 Å². The molecule has 0 spiro atoms. The van der Waals surface area contributed by atoms with Gasteiger partial charge in [0.25, 0.3) is 5.91 Å². The Kier molecular flexibility index (Phi) is 5.53. The molecule has 0 saturated carbocycles. The van der Waals surface area contributed by atoms with Crippen molar-refractivity contribution < 1.29 is 9.53 Å². The minimum atomic E-state index is -0.540. The summed E-state index contributed by atoms with van der Waals surface area (Å²) in [4.78, 5) is 16.1. The second-order valence-corrected chi connectivity index (χ2v) is 5.56. The van der Waals surface area contributed by atoms with Crippen molar-refractivity contribution in [2.24, 2.45) is 0 Å². The van der Waals surface area contributed by atoms with Gasteiger partial charge in [0.1, 0.15) is 5.75 Å². The minimum absolute atomic E-state index is 0.142. The number of carbonyl (C=O) groups is 1. The SMILES string of the molecule is CC(Oc1ccc(C(C)C)cc1)C(=O)NCc1cccnc1. The smallest absolute Gasteiger partial charge is 0.261 e. The van der Waals surface area contributed by atoms with E-state index >= 15 is 0 Å². The molecule has 0 bridgehead atoms. The van der Waals surface area contributed by atoms with Crippen LogP contribution in [0.25, 0.3) is 0 Å². The van der Waals surface area contributed by atoms with Gasteiger partial charge in [0.2, 0.25) is 0 Å². The molecule has 0 aliphatic carbocycles. The second kappa shape index (κ2) is 7.59. The highest BCUT2D eigenvalue weighted by atomic mass is 16.5. The molecule has 2 aromatic rings. The third-order valence-corrected chi connectivity index (χ3v) is 3.42. The van der Waals surface area contributed by atoms with Crippen LogP contribution in [-0.2, 0) is 11.3 Å². The van der Waals surface area contributed by atoms with Gasteiger partial charge in [0.15, 0.2) is 6.10 Å². The maximum absolute atomic E-state index is 12.0. The summed E-state index contributed by atoms with van der Waals surface area (Å²) in [7, 11) is 0. The number of hydrogen-bond acceptors (Lipinski definition) is 3. The predicted molar refractivity (Wildman–Crippen MR) is 86.7 cm³/mol. The topological polar surface area (TPSA) is 51.2 Å². The van der Waals surface area contributed by atoms with Gasteiger partial charge in [-0.2, -0.15) is 0 Å². The summed E-state index contributed by atoms with van der Waals surface area (Å²) in [6, 6.07) is 11.6. The summed E-state index contributed by atoms with van der Waals surface area (Å²) in [5.41, 5.74) is 2.21. The van der Waals surface area contributed by atoms with E-state index in [1.165, 1.54) is 5.56 Å². The van der Waals surface area contributed by atoms with Gasteiger partial charge < -0.3 is 10.1 Å².